The minimum atomic E-state index is -0.153. The van der Waals surface area contributed by atoms with E-state index in [4.69, 9.17) is 5.73 Å². The number of rotatable bonds is 3. The Morgan fingerprint density at radius 2 is 2.20 bits per heavy atom. The van der Waals surface area contributed by atoms with Gasteiger partial charge in [0.15, 0.2) is 0 Å². The van der Waals surface area contributed by atoms with E-state index in [1.54, 1.807) is 29.1 Å². The van der Waals surface area contributed by atoms with E-state index < -0.39 is 0 Å². The molecule has 5 nitrogen and oxygen atoms in total. The second-order valence-electron chi connectivity index (χ2n) is 4.74. The Hall–Kier alpha value is -1.82. The average molecular weight is 337 g/mol. The van der Waals surface area contributed by atoms with Gasteiger partial charge in [0.25, 0.3) is 5.91 Å². The predicted molar refractivity (Wildman–Crippen MR) is 82.4 cm³/mol. The summed E-state index contributed by atoms with van der Waals surface area (Å²) < 4.78 is 2.57. The second kappa shape index (κ2) is 5.66. The molecule has 2 aromatic rings. The monoisotopic (exact) mass is 336 g/mol. The molecule has 0 spiro atoms. The Kier molecular flexibility index (Phi) is 4.13. The standard InChI is InChI=1S/C14H17BrN4O/c1-8(11-7-17-19(3)9(11)2)18-14(20)10-4-5-12(15)13(16)6-10/h4-8H,16H2,1-3H3,(H,18,20). The van der Waals surface area contributed by atoms with E-state index in [1.165, 1.54) is 0 Å². The first kappa shape index (κ1) is 14.6. The molecule has 20 heavy (non-hydrogen) atoms. The van der Waals surface area contributed by atoms with Crippen LogP contribution in [0.1, 0.15) is 34.6 Å². The van der Waals surface area contributed by atoms with Gasteiger partial charge in [-0.1, -0.05) is 0 Å². The van der Waals surface area contributed by atoms with Gasteiger partial charge in [0.2, 0.25) is 0 Å². The van der Waals surface area contributed by atoms with Crippen LogP contribution in [0.5, 0.6) is 0 Å². The first-order valence-corrected chi connectivity index (χ1v) is 7.04. The maximum absolute atomic E-state index is 12.2. The summed E-state index contributed by atoms with van der Waals surface area (Å²) in [4.78, 5) is 12.2. The highest BCUT2D eigenvalue weighted by Crippen LogP contribution is 2.21. The van der Waals surface area contributed by atoms with Crippen LogP contribution in [0, 0.1) is 6.92 Å². The maximum Gasteiger partial charge on any atom is 0.251 e. The van der Waals surface area contributed by atoms with Crippen LogP contribution in [0.3, 0.4) is 0 Å². The quantitative estimate of drug-likeness (QED) is 0.846. The molecule has 1 heterocycles. The molecule has 106 valence electrons. The van der Waals surface area contributed by atoms with E-state index in [0.29, 0.717) is 11.3 Å². The lowest BCUT2D eigenvalue weighted by Crippen LogP contribution is -2.27. The highest BCUT2D eigenvalue weighted by atomic mass is 79.9. The third kappa shape index (κ3) is 2.85. The van der Waals surface area contributed by atoms with Crippen LogP contribution in [-0.2, 0) is 7.05 Å². The molecule has 1 aromatic heterocycles. The molecule has 0 aliphatic carbocycles. The van der Waals surface area contributed by atoms with Gasteiger partial charge in [-0.25, -0.2) is 0 Å². The lowest BCUT2D eigenvalue weighted by molar-refractivity contribution is 0.0940. The molecule has 1 unspecified atom stereocenters. The van der Waals surface area contributed by atoms with Crippen LogP contribution in [0.15, 0.2) is 28.9 Å². The number of benzene rings is 1. The summed E-state index contributed by atoms with van der Waals surface area (Å²) in [5.41, 5.74) is 8.91. The lowest BCUT2D eigenvalue weighted by atomic mass is 10.1. The van der Waals surface area contributed by atoms with Crippen molar-refractivity contribution in [2.45, 2.75) is 19.9 Å². The average Bonchev–Trinajstić information content (AvgIpc) is 2.73. The van der Waals surface area contributed by atoms with Gasteiger partial charge in [-0.15, -0.1) is 0 Å². The van der Waals surface area contributed by atoms with Gasteiger partial charge < -0.3 is 11.1 Å². The minimum Gasteiger partial charge on any atom is -0.398 e. The summed E-state index contributed by atoms with van der Waals surface area (Å²) in [6, 6.07) is 5.05. The van der Waals surface area contributed by atoms with E-state index in [-0.39, 0.29) is 11.9 Å². The van der Waals surface area contributed by atoms with Gasteiger partial charge in [-0.3, -0.25) is 9.48 Å². The van der Waals surface area contributed by atoms with Crippen molar-refractivity contribution >= 4 is 27.5 Å². The van der Waals surface area contributed by atoms with E-state index in [2.05, 4.69) is 26.3 Å². The largest absolute Gasteiger partial charge is 0.398 e. The predicted octanol–water partition coefficient (Wildman–Crippen LogP) is 2.56. The first-order chi connectivity index (χ1) is 9.40. The number of nitrogen functional groups attached to an aromatic ring is 1. The number of aromatic nitrogens is 2. The van der Waals surface area contributed by atoms with Gasteiger partial charge in [0.05, 0.1) is 12.2 Å². The Morgan fingerprint density at radius 3 is 2.75 bits per heavy atom. The molecule has 6 heteroatoms. The third-order valence-electron chi connectivity index (χ3n) is 3.35. The molecule has 2 rings (SSSR count). The number of anilines is 1. The molecule has 0 aliphatic rings. The van der Waals surface area contributed by atoms with E-state index >= 15 is 0 Å². The molecule has 0 aliphatic heterocycles. The van der Waals surface area contributed by atoms with Crippen LogP contribution in [-0.4, -0.2) is 15.7 Å². The molecule has 0 fully saturated rings. The third-order valence-corrected chi connectivity index (χ3v) is 4.07. The Balaban J connectivity index is 2.15. The highest BCUT2D eigenvalue weighted by molar-refractivity contribution is 9.10. The first-order valence-electron chi connectivity index (χ1n) is 6.24. The highest BCUT2D eigenvalue weighted by Gasteiger charge is 2.16. The van der Waals surface area contributed by atoms with Crippen LogP contribution in [0.25, 0.3) is 0 Å². The molecular weight excluding hydrogens is 320 g/mol. The molecule has 1 amide bonds. The molecular formula is C14H17BrN4O. The van der Waals surface area contributed by atoms with Crippen molar-refractivity contribution in [2.24, 2.45) is 7.05 Å². The lowest BCUT2D eigenvalue weighted by Gasteiger charge is -2.14. The number of hydrogen-bond donors (Lipinski definition) is 2. The minimum absolute atomic E-state index is 0.110. The van der Waals surface area contributed by atoms with Crippen molar-refractivity contribution in [3.05, 3.63) is 45.7 Å². The summed E-state index contributed by atoms with van der Waals surface area (Å²) in [6.07, 6.45) is 1.77. The number of hydrogen-bond acceptors (Lipinski definition) is 3. The van der Waals surface area contributed by atoms with Gasteiger partial charge in [0.1, 0.15) is 0 Å². The van der Waals surface area contributed by atoms with Gasteiger partial charge in [0, 0.05) is 34.0 Å². The fraction of sp³-hybridized carbons (Fsp3) is 0.286. The van der Waals surface area contributed by atoms with E-state index in [1.807, 2.05) is 20.9 Å². The zero-order valence-electron chi connectivity index (χ0n) is 11.6. The fourth-order valence-electron chi connectivity index (χ4n) is 1.98. The number of aryl methyl sites for hydroxylation is 1. The summed E-state index contributed by atoms with van der Waals surface area (Å²) in [6.45, 7) is 3.91. The van der Waals surface area contributed by atoms with E-state index in [0.717, 1.165) is 15.7 Å². The Labute approximate surface area is 126 Å². The Bertz CT molecular complexity index is 651. The van der Waals surface area contributed by atoms with Crippen molar-refractivity contribution in [3.8, 4) is 0 Å². The summed E-state index contributed by atoms with van der Waals surface area (Å²) >= 11 is 3.31. The number of amides is 1. The number of nitrogens with one attached hydrogen (secondary N) is 1. The summed E-state index contributed by atoms with van der Waals surface area (Å²) in [5, 5.41) is 7.13. The SMILES string of the molecule is Cc1c(C(C)NC(=O)c2ccc(Br)c(N)c2)cnn1C. The van der Waals surface area contributed by atoms with Crippen molar-refractivity contribution in [1.29, 1.82) is 0 Å². The maximum atomic E-state index is 12.2. The second-order valence-corrected chi connectivity index (χ2v) is 5.59. The topological polar surface area (TPSA) is 72.9 Å². The van der Waals surface area contributed by atoms with Crippen molar-refractivity contribution in [2.75, 3.05) is 5.73 Å². The van der Waals surface area contributed by atoms with Crippen molar-refractivity contribution in [1.82, 2.24) is 15.1 Å². The molecule has 0 bridgehead atoms. The van der Waals surface area contributed by atoms with Crippen LogP contribution in [0.4, 0.5) is 5.69 Å². The fourth-order valence-corrected chi connectivity index (χ4v) is 2.23. The zero-order valence-corrected chi connectivity index (χ0v) is 13.2. The number of nitrogens with zero attached hydrogens (tertiary/aromatic N) is 2. The van der Waals surface area contributed by atoms with Crippen LogP contribution in [0.2, 0.25) is 0 Å². The van der Waals surface area contributed by atoms with Crippen molar-refractivity contribution in [3.63, 3.8) is 0 Å². The molecule has 1 aromatic carbocycles. The number of nitrogens with two attached hydrogens (primary N) is 1. The van der Waals surface area contributed by atoms with Gasteiger partial charge in [-0.05, 0) is 48.0 Å². The number of carbonyl (C=O) groups excluding carboxylic acids is 1. The normalized spacial score (nSPS) is 12.2. The summed E-state index contributed by atoms with van der Waals surface area (Å²) in [5.74, 6) is -0.153. The van der Waals surface area contributed by atoms with Crippen molar-refractivity contribution < 1.29 is 4.79 Å². The molecule has 0 radical (unpaired) electrons. The molecule has 0 saturated carbocycles. The number of halogens is 1. The van der Waals surface area contributed by atoms with E-state index in [9.17, 15) is 4.79 Å². The Morgan fingerprint density at radius 1 is 1.50 bits per heavy atom. The van der Waals surface area contributed by atoms with Gasteiger partial charge >= 0.3 is 0 Å². The molecule has 1 atom stereocenters. The smallest absolute Gasteiger partial charge is 0.251 e. The summed E-state index contributed by atoms with van der Waals surface area (Å²) in [7, 11) is 1.88. The molecule has 0 saturated heterocycles. The molecule has 3 N–H and O–H groups in total. The van der Waals surface area contributed by atoms with Crippen LogP contribution < -0.4 is 11.1 Å². The number of carbonyl (C=O) groups is 1. The van der Waals surface area contributed by atoms with Crippen LogP contribution >= 0.6 is 15.9 Å². The van der Waals surface area contributed by atoms with Gasteiger partial charge in [-0.2, -0.15) is 5.10 Å². The zero-order chi connectivity index (χ0) is 14.9.